The fourth-order valence-corrected chi connectivity index (χ4v) is 2.47. The second kappa shape index (κ2) is 6.32. The van der Waals surface area contributed by atoms with Crippen molar-refractivity contribution >= 4 is 39.7 Å². The van der Waals surface area contributed by atoms with Crippen molar-refractivity contribution < 1.29 is 4.79 Å². The molecule has 0 aliphatic heterocycles. The lowest BCUT2D eigenvalue weighted by molar-refractivity contribution is -0.126. The van der Waals surface area contributed by atoms with E-state index >= 15 is 0 Å². The standard InChI is InChI=1S/C15H17N3OS2/c1-15(2,3)12(19)17-13(20)18-14-16-11(9-21-14)10-7-5-4-6-8-10/h4-9H,1-3H3,(H2,16,17,18,19,20). The van der Waals surface area contributed by atoms with E-state index in [1.54, 1.807) is 0 Å². The van der Waals surface area contributed by atoms with Crippen molar-refractivity contribution in [3.05, 3.63) is 35.7 Å². The van der Waals surface area contributed by atoms with Crippen LogP contribution in [0.25, 0.3) is 11.3 Å². The van der Waals surface area contributed by atoms with E-state index in [-0.39, 0.29) is 11.0 Å². The van der Waals surface area contributed by atoms with Gasteiger partial charge in [-0.25, -0.2) is 4.98 Å². The average molecular weight is 319 g/mol. The maximum absolute atomic E-state index is 11.8. The molecule has 0 aliphatic carbocycles. The Balaban J connectivity index is 2.00. The first-order valence-corrected chi connectivity index (χ1v) is 7.78. The van der Waals surface area contributed by atoms with Gasteiger partial charge in [0.1, 0.15) is 0 Å². The van der Waals surface area contributed by atoms with Crippen LogP contribution in [0.4, 0.5) is 5.13 Å². The van der Waals surface area contributed by atoms with Gasteiger partial charge in [-0.1, -0.05) is 51.1 Å². The molecule has 2 rings (SSSR count). The molecule has 2 aromatic rings. The van der Waals surface area contributed by atoms with Gasteiger partial charge in [0.2, 0.25) is 5.91 Å². The van der Waals surface area contributed by atoms with Crippen molar-refractivity contribution in [3.8, 4) is 11.3 Å². The maximum Gasteiger partial charge on any atom is 0.231 e. The number of carbonyl (C=O) groups excluding carboxylic acids is 1. The lowest BCUT2D eigenvalue weighted by Crippen LogP contribution is -2.41. The number of hydrogen-bond acceptors (Lipinski definition) is 4. The van der Waals surface area contributed by atoms with Crippen molar-refractivity contribution in [3.63, 3.8) is 0 Å². The van der Waals surface area contributed by atoms with Crippen LogP contribution < -0.4 is 10.6 Å². The quantitative estimate of drug-likeness (QED) is 0.829. The monoisotopic (exact) mass is 319 g/mol. The second-order valence-corrected chi connectivity index (χ2v) is 6.83. The summed E-state index contributed by atoms with van der Waals surface area (Å²) in [7, 11) is 0. The molecule has 0 saturated carbocycles. The molecule has 0 radical (unpaired) electrons. The molecule has 110 valence electrons. The fraction of sp³-hybridized carbons (Fsp3) is 0.267. The summed E-state index contributed by atoms with van der Waals surface area (Å²) in [5.41, 5.74) is 1.45. The molecule has 6 heteroatoms. The summed E-state index contributed by atoms with van der Waals surface area (Å²) in [6.45, 7) is 5.51. The number of rotatable bonds is 2. The third-order valence-electron chi connectivity index (χ3n) is 2.70. The highest BCUT2D eigenvalue weighted by Gasteiger charge is 2.22. The van der Waals surface area contributed by atoms with E-state index in [0.29, 0.717) is 5.13 Å². The summed E-state index contributed by atoms with van der Waals surface area (Å²) in [6.07, 6.45) is 0. The zero-order valence-corrected chi connectivity index (χ0v) is 13.8. The summed E-state index contributed by atoms with van der Waals surface area (Å²) in [6, 6.07) is 9.90. The number of nitrogens with one attached hydrogen (secondary N) is 2. The molecule has 0 aliphatic rings. The summed E-state index contributed by atoms with van der Waals surface area (Å²) in [4.78, 5) is 16.3. The molecule has 0 saturated heterocycles. The topological polar surface area (TPSA) is 54.0 Å². The van der Waals surface area contributed by atoms with Crippen molar-refractivity contribution in [2.75, 3.05) is 5.32 Å². The van der Waals surface area contributed by atoms with Crippen LogP contribution in [0.1, 0.15) is 20.8 Å². The Bertz CT molecular complexity index is 644. The maximum atomic E-state index is 11.8. The number of hydrogen-bond donors (Lipinski definition) is 2. The Kier molecular flexibility index (Phi) is 4.69. The lowest BCUT2D eigenvalue weighted by atomic mass is 9.96. The Labute approximate surface area is 133 Å². The zero-order valence-electron chi connectivity index (χ0n) is 12.1. The summed E-state index contributed by atoms with van der Waals surface area (Å²) < 4.78 is 0. The number of benzene rings is 1. The molecule has 0 bridgehead atoms. The van der Waals surface area contributed by atoms with Gasteiger partial charge in [-0.3, -0.25) is 4.79 Å². The summed E-state index contributed by atoms with van der Waals surface area (Å²) in [5, 5.41) is 8.49. The van der Waals surface area contributed by atoms with Gasteiger partial charge in [0.25, 0.3) is 0 Å². The fourth-order valence-electron chi connectivity index (χ4n) is 1.49. The van der Waals surface area contributed by atoms with Crippen molar-refractivity contribution in [2.45, 2.75) is 20.8 Å². The average Bonchev–Trinajstić information content (AvgIpc) is 2.87. The van der Waals surface area contributed by atoms with Gasteiger partial charge < -0.3 is 10.6 Å². The van der Waals surface area contributed by atoms with E-state index in [1.165, 1.54) is 11.3 Å². The molecular formula is C15H17N3OS2. The van der Waals surface area contributed by atoms with Gasteiger partial charge >= 0.3 is 0 Å². The minimum atomic E-state index is -0.482. The Morgan fingerprint density at radius 1 is 1.24 bits per heavy atom. The largest absolute Gasteiger partial charge is 0.308 e. The van der Waals surface area contributed by atoms with Crippen molar-refractivity contribution in [1.82, 2.24) is 10.3 Å². The third kappa shape index (κ3) is 4.34. The molecule has 0 unspecified atom stereocenters. The highest BCUT2D eigenvalue weighted by Crippen LogP contribution is 2.24. The Morgan fingerprint density at radius 2 is 1.90 bits per heavy atom. The number of aromatic nitrogens is 1. The number of amides is 1. The number of nitrogens with zero attached hydrogens (tertiary/aromatic N) is 1. The molecular weight excluding hydrogens is 302 g/mol. The minimum Gasteiger partial charge on any atom is -0.308 e. The highest BCUT2D eigenvalue weighted by molar-refractivity contribution is 7.80. The van der Waals surface area contributed by atoms with Gasteiger partial charge in [0.05, 0.1) is 5.69 Å². The molecule has 21 heavy (non-hydrogen) atoms. The number of thiazole rings is 1. The van der Waals surface area contributed by atoms with Gasteiger partial charge in [-0.2, -0.15) is 0 Å². The molecule has 1 amide bonds. The Morgan fingerprint density at radius 3 is 2.52 bits per heavy atom. The predicted octanol–water partition coefficient (Wildman–Crippen LogP) is 3.67. The highest BCUT2D eigenvalue weighted by atomic mass is 32.1. The SMILES string of the molecule is CC(C)(C)C(=O)NC(=S)Nc1nc(-c2ccccc2)cs1. The second-order valence-electron chi connectivity index (χ2n) is 5.56. The van der Waals surface area contributed by atoms with Gasteiger partial charge in [-0.05, 0) is 12.2 Å². The molecule has 1 aromatic carbocycles. The van der Waals surface area contributed by atoms with Gasteiger partial charge in [0.15, 0.2) is 10.2 Å². The normalized spacial score (nSPS) is 11.0. The predicted molar refractivity (Wildman–Crippen MR) is 91.4 cm³/mol. The Hall–Kier alpha value is -1.79. The van der Waals surface area contributed by atoms with Gasteiger partial charge in [-0.15, -0.1) is 11.3 Å². The first-order chi connectivity index (χ1) is 9.86. The minimum absolute atomic E-state index is 0.125. The van der Waals surface area contributed by atoms with Crippen LogP contribution in [-0.2, 0) is 4.79 Å². The van der Waals surface area contributed by atoms with Crippen LogP contribution in [-0.4, -0.2) is 16.0 Å². The van der Waals surface area contributed by atoms with Crippen LogP contribution in [0.5, 0.6) is 0 Å². The van der Waals surface area contributed by atoms with Crippen molar-refractivity contribution in [2.24, 2.45) is 5.41 Å². The first-order valence-electron chi connectivity index (χ1n) is 6.49. The molecule has 1 aromatic heterocycles. The van der Waals surface area contributed by atoms with E-state index in [4.69, 9.17) is 12.2 Å². The van der Waals surface area contributed by atoms with Crippen LogP contribution in [0, 0.1) is 5.41 Å². The summed E-state index contributed by atoms with van der Waals surface area (Å²) >= 11 is 6.58. The number of thiocarbonyl (C=S) groups is 1. The molecule has 0 fully saturated rings. The third-order valence-corrected chi connectivity index (χ3v) is 3.66. The number of carbonyl (C=O) groups is 1. The van der Waals surface area contributed by atoms with Crippen LogP contribution in [0.15, 0.2) is 35.7 Å². The number of anilines is 1. The van der Waals surface area contributed by atoms with Crippen LogP contribution in [0.3, 0.4) is 0 Å². The lowest BCUT2D eigenvalue weighted by Gasteiger charge is -2.17. The molecule has 1 heterocycles. The van der Waals surface area contributed by atoms with E-state index < -0.39 is 5.41 Å². The first kappa shape index (κ1) is 15.6. The molecule has 0 spiro atoms. The van der Waals surface area contributed by atoms with E-state index in [0.717, 1.165) is 11.3 Å². The van der Waals surface area contributed by atoms with Crippen LogP contribution in [0.2, 0.25) is 0 Å². The summed E-state index contributed by atoms with van der Waals surface area (Å²) in [5.74, 6) is -0.125. The van der Waals surface area contributed by atoms with Gasteiger partial charge in [0, 0.05) is 16.4 Å². The smallest absolute Gasteiger partial charge is 0.231 e. The van der Waals surface area contributed by atoms with E-state index in [9.17, 15) is 4.79 Å². The molecule has 4 nitrogen and oxygen atoms in total. The van der Waals surface area contributed by atoms with Crippen LogP contribution >= 0.6 is 23.6 Å². The van der Waals surface area contributed by atoms with E-state index in [1.807, 2.05) is 56.5 Å². The molecule has 0 atom stereocenters. The molecule has 2 N–H and O–H groups in total. The zero-order chi connectivity index (χ0) is 15.5. The van der Waals surface area contributed by atoms with E-state index in [2.05, 4.69) is 15.6 Å². The van der Waals surface area contributed by atoms with Crippen molar-refractivity contribution in [1.29, 1.82) is 0 Å².